The summed E-state index contributed by atoms with van der Waals surface area (Å²) in [6.07, 6.45) is -4.69. The number of sulfonamides is 1. The molecule has 10 heteroatoms. The highest BCUT2D eigenvalue weighted by atomic mass is 32.2. The highest BCUT2D eigenvalue weighted by Crippen LogP contribution is 2.32. The molecule has 0 unspecified atom stereocenters. The van der Waals surface area contributed by atoms with Gasteiger partial charge in [-0.1, -0.05) is 18.2 Å². The number of benzene rings is 2. The molecule has 1 saturated heterocycles. The molecule has 1 amide bonds. The maximum Gasteiger partial charge on any atom is 0.417 e. The zero-order chi connectivity index (χ0) is 21.2. The number of aryl methyl sites for hydroxylation is 1. The van der Waals surface area contributed by atoms with Crippen molar-refractivity contribution in [2.24, 2.45) is 0 Å². The molecule has 2 aromatic carbocycles. The van der Waals surface area contributed by atoms with Crippen LogP contribution in [0.3, 0.4) is 0 Å². The molecule has 0 aliphatic carbocycles. The average molecular weight is 428 g/mol. The number of nitrogens with one attached hydrogen (secondary N) is 1. The SMILES string of the molecule is Cc1ccc(NC(=O)c2ccccc2C(F)(F)F)cc1S(=O)(=O)N1CCOCC1. The number of carbonyl (C=O) groups excluding carboxylic acids is 1. The molecule has 2 aromatic rings. The van der Waals surface area contributed by atoms with Crippen molar-refractivity contribution in [3.05, 3.63) is 59.2 Å². The zero-order valence-electron chi connectivity index (χ0n) is 15.5. The quantitative estimate of drug-likeness (QED) is 0.811. The summed E-state index contributed by atoms with van der Waals surface area (Å²) in [6, 6.07) is 8.61. The van der Waals surface area contributed by atoms with Crippen LogP contribution < -0.4 is 5.32 Å². The predicted octanol–water partition coefficient (Wildman–Crippen LogP) is 3.29. The molecule has 0 radical (unpaired) electrons. The highest BCUT2D eigenvalue weighted by Gasteiger charge is 2.35. The first-order valence-electron chi connectivity index (χ1n) is 8.77. The fourth-order valence-electron chi connectivity index (χ4n) is 3.01. The van der Waals surface area contributed by atoms with Crippen LogP contribution in [0.15, 0.2) is 47.4 Å². The van der Waals surface area contributed by atoms with E-state index in [-0.39, 0.29) is 36.9 Å². The van der Waals surface area contributed by atoms with Crippen molar-refractivity contribution < 1.29 is 31.1 Å². The fourth-order valence-corrected chi connectivity index (χ4v) is 4.67. The molecule has 6 nitrogen and oxygen atoms in total. The lowest BCUT2D eigenvalue weighted by atomic mass is 10.1. The summed E-state index contributed by atoms with van der Waals surface area (Å²) in [5.74, 6) is -0.975. The predicted molar refractivity (Wildman–Crippen MR) is 100 cm³/mol. The molecule has 156 valence electrons. The number of anilines is 1. The molecule has 0 aromatic heterocycles. The minimum atomic E-state index is -4.69. The molecular weight excluding hydrogens is 409 g/mol. The zero-order valence-corrected chi connectivity index (χ0v) is 16.3. The molecule has 1 aliphatic rings. The van der Waals surface area contributed by atoms with Gasteiger partial charge in [-0.3, -0.25) is 4.79 Å². The van der Waals surface area contributed by atoms with Gasteiger partial charge in [0.1, 0.15) is 0 Å². The van der Waals surface area contributed by atoms with E-state index in [2.05, 4.69) is 5.32 Å². The van der Waals surface area contributed by atoms with Gasteiger partial charge in [0.25, 0.3) is 5.91 Å². The second-order valence-corrected chi connectivity index (χ2v) is 8.40. The molecule has 29 heavy (non-hydrogen) atoms. The van der Waals surface area contributed by atoms with Gasteiger partial charge < -0.3 is 10.1 Å². The first-order chi connectivity index (χ1) is 13.6. The van der Waals surface area contributed by atoms with Gasteiger partial charge in [0, 0.05) is 18.8 Å². The van der Waals surface area contributed by atoms with Gasteiger partial charge in [-0.2, -0.15) is 17.5 Å². The van der Waals surface area contributed by atoms with Crippen LogP contribution in [0.5, 0.6) is 0 Å². The van der Waals surface area contributed by atoms with Gasteiger partial charge >= 0.3 is 6.18 Å². The van der Waals surface area contributed by atoms with Gasteiger partial charge in [-0.25, -0.2) is 8.42 Å². The molecule has 0 atom stereocenters. The molecule has 0 bridgehead atoms. The Morgan fingerprint density at radius 3 is 2.41 bits per heavy atom. The number of carbonyl (C=O) groups is 1. The number of morpholine rings is 1. The molecule has 1 aliphatic heterocycles. The first-order valence-corrected chi connectivity index (χ1v) is 10.2. The van der Waals surface area contributed by atoms with Gasteiger partial charge in [0.15, 0.2) is 0 Å². The van der Waals surface area contributed by atoms with Crippen molar-refractivity contribution in [3.63, 3.8) is 0 Å². The third-order valence-corrected chi connectivity index (χ3v) is 6.55. The van der Waals surface area contributed by atoms with Crippen molar-refractivity contribution in [2.75, 3.05) is 31.6 Å². The van der Waals surface area contributed by atoms with Crippen LogP contribution in [0.2, 0.25) is 0 Å². The number of ether oxygens (including phenoxy) is 1. The Labute approximate surface area is 166 Å². The smallest absolute Gasteiger partial charge is 0.379 e. The molecule has 0 saturated carbocycles. The van der Waals surface area contributed by atoms with Crippen molar-refractivity contribution in [3.8, 4) is 0 Å². The Balaban J connectivity index is 1.90. The Morgan fingerprint density at radius 2 is 1.76 bits per heavy atom. The maximum atomic E-state index is 13.2. The number of rotatable bonds is 4. The number of hydrogen-bond donors (Lipinski definition) is 1. The maximum absolute atomic E-state index is 13.2. The van der Waals surface area contributed by atoms with E-state index in [1.54, 1.807) is 6.92 Å². The number of nitrogens with zero attached hydrogens (tertiary/aromatic N) is 1. The summed E-state index contributed by atoms with van der Waals surface area (Å²) in [4.78, 5) is 12.4. The van der Waals surface area contributed by atoms with E-state index in [1.165, 1.54) is 34.6 Å². The Kier molecular flexibility index (Phi) is 5.97. The van der Waals surface area contributed by atoms with Crippen LogP contribution >= 0.6 is 0 Å². The van der Waals surface area contributed by atoms with E-state index >= 15 is 0 Å². The second kappa shape index (κ2) is 8.13. The minimum absolute atomic E-state index is 0.0127. The third-order valence-electron chi connectivity index (χ3n) is 4.51. The summed E-state index contributed by atoms with van der Waals surface area (Å²) in [5.41, 5.74) is -1.06. The van der Waals surface area contributed by atoms with Gasteiger partial charge in [-0.15, -0.1) is 0 Å². The van der Waals surface area contributed by atoms with E-state index in [1.807, 2.05) is 0 Å². The molecule has 0 spiro atoms. The van der Waals surface area contributed by atoms with Gasteiger partial charge in [0.05, 0.1) is 29.2 Å². The Morgan fingerprint density at radius 1 is 1.10 bits per heavy atom. The normalized spacial score (nSPS) is 15.9. The summed E-state index contributed by atoms with van der Waals surface area (Å²) in [6.45, 7) is 2.58. The fraction of sp³-hybridized carbons (Fsp3) is 0.316. The monoisotopic (exact) mass is 428 g/mol. The van der Waals surface area contributed by atoms with E-state index in [0.29, 0.717) is 5.56 Å². The molecule has 1 heterocycles. The van der Waals surface area contributed by atoms with Crippen molar-refractivity contribution in [1.29, 1.82) is 0 Å². The number of alkyl halides is 3. The van der Waals surface area contributed by atoms with Crippen molar-refractivity contribution in [2.45, 2.75) is 18.0 Å². The lowest BCUT2D eigenvalue weighted by Crippen LogP contribution is -2.40. The number of halogens is 3. The molecular formula is C19H19F3N2O4S. The summed E-state index contributed by atoms with van der Waals surface area (Å²) in [5, 5.41) is 2.37. The van der Waals surface area contributed by atoms with Crippen molar-refractivity contribution >= 4 is 21.6 Å². The van der Waals surface area contributed by atoms with E-state index in [4.69, 9.17) is 4.74 Å². The number of hydrogen-bond acceptors (Lipinski definition) is 4. The van der Waals surface area contributed by atoms with Crippen LogP contribution in [-0.2, 0) is 20.9 Å². The Hall–Kier alpha value is -2.43. The van der Waals surface area contributed by atoms with Crippen LogP contribution in [0, 0.1) is 6.92 Å². The Bertz CT molecular complexity index is 1020. The van der Waals surface area contributed by atoms with Crippen LogP contribution in [0.1, 0.15) is 21.5 Å². The first kappa shape index (κ1) is 21.3. The second-order valence-electron chi connectivity index (χ2n) is 6.49. The largest absolute Gasteiger partial charge is 0.417 e. The highest BCUT2D eigenvalue weighted by molar-refractivity contribution is 7.89. The summed E-state index contributed by atoms with van der Waals surface area (Å²) in [7, 11) is -3.83. The standard InChI is InChI=1S/C19H19F3N2O4S/c1-13-6-7-14(12-17(13)29(26,27)24-8-10-28-11-9-24)23-18(25)15-4-2-3-5-16(15)19(20,21)22/h2-7,12H,8-11H2,1H3,(H,23,25). The molecule has 3 rings (SSSR count). The van der Waals surface area contributed by atoms with E-state index in [0.717, 1.165) is 12.1 Å². The molecule has 1 N–H and O–H groups in total. The third kappa shape index (κ3) is 4.60. The van der Waals surface area contributed by atoms with Gasteiger partial charge in [0.2, 0.25) is 10.0 Å². The average Bonchev–Trinajstić information content (AvgIpc) is 2.69. The summed E-state index contributed by atoms with van der Waals surface area (Å²) >= 11 is 0. The topological polar surface area (TPSA) is 75.7 Å². The number of amides is 1. The minimum Gasteiger partial charge on any atom is -0.379 e. The van der Waals surface area contributed by atoms with E-state index < -0.39 is 33.2 Å². The van der Waals surface area contributed by atoms with Crippen LogP contribution in [0.25, 0.3) is 0 Å². The lowest BCUT2D eigenvalue weighted by molar-refractivity contribution is -0.137. The molecule has 1 fully saturated rings. The lowest BCUT2D eigenvalue weighted by Gasteiger charge is -2.26. The summed E-state index contributed by atoms with van der Waals surface area (Å²) < 4.78 is 71.7. The van der Waals surface area contributed by atoms with Crippen molar-refractivity contribution in [1.82, 2.24) is 4.31 Å². The van der Waals surface area contributed by atoms with E-state index in [9.17, 15) is 26.4 Å². The van der Waals surface area contributed by atoms with Crippen LogP contribution in [0.4, 0.5) is 18.9 Å². The van der Waals surface area contributed by atoms with Gasteiger partial charge in [-0.05, 0) is 36.8 Å². The van der Waals surface area contributed by atoms with Crippen LogP contribution in [-0.4, -0.2) is 44.9 Å².